The van der Waals surface area contributed by atoms with Crippen molar-refractivity contribution in [2.24, 2.45) is 17.8 Å². The van der Waals surface area contributed by atoms with E-state index in [9.17, 15) is 14.4 Å². The Morgan fingerprint density at radius 1 is 1.20 bits per heavy atom. The fourth-order valence-electron chi connectivity index (χ4n) is 4.35. The van der Waals surface area contributed by atoms with Crippen LogP contribution in [0.3, 0.4) is 0 Å². The molecule has 0 unspecified atom stereocenters. The van der Waals surface area contributed by atoms with Gasteiger partial charge >= 0.3 is 5.97 Å². The third-order valence-electron chi connectivity index (χ3n) is 6.32. The zero-order valence-corrected chi connectivity index (χ0v) is 18.5. The van der Waals surface area contributed by atoms with Gasteiger partial charge < -0.3 is 19.7 Å². The van der Waals surface area contributed by atoms with Crippen LogP contribution in [-0.2, 0) is 23.9 Å². The number of nitrogens with one attached hydrogen (secondary N) is 1. The molecule has 0 bridgehead atoms. The minimum atomic E-state index is -1.05. The van der Waals surface area contributed by atoms with Gasteiger partial charge in [-0.3, -0.25) is 9.59 Å². The molecule has 168 valence electrons. The average Bonchev–Trinajstić information content (AvgIpc) is 3.28. The van der Waals surface area contributed by atoms with Crippen molar-refractivity contribution in [2.75, 3.05) is 27.3 Å². The Morgan fingerprint density at radius 2 is 1.90 bits per heavy atom. The summed E-state index contributed by atoms with van der Waals surface area (Å²) in [6.45, 7) is 10.1. The minimum absolute atomic E-state index is 0.0467. The van der Waals surface area contributed by atoms with Crippen molar-refractivity contribution >= 4 is 17.8 Å². The van der Waals surface area contributed by atoms with Gasteiger partial charge in [-0.15, -0.1) is 13.2 Å². The molecule has 0 aromatic heterocycles. The summed E-state index contributed by atoms with van der Waals surface area (Å²) in [6.07, 6.45) is 7.60. The van der Waals surface area contributed by atoms with E-state index < -0.39 is 23.3 Å². The molecule has 30 heavy (non-hydrogen) atoms. The van der Waals surface area contributed by atoms with Gasteiger partial charge in [0.2, 0.25) is 11.8 Å². The molecule has 7 nitrogen and oxygen atoms in total. The molecule has 0 heterocycles. The highest BCUT2D eigenvalue weighted by atomic mass is 16.5. The van der Waals surface area contributed by atoms with Crippen molar-refractivity contribution < 1.29 is 23.9 Å². The Morgan fingerprint density at radius 3 is 2.47 bits per heavy atom. The van der Waals surface area contributed by atoms with Crippen LogP contribution in [0.5, 0.6) is 0 Å². The molecule has 0 saturated heterocycles. The van der Waals surface area contributed by atoms with Gasteiger partial charge in [0.05, 0.1) is 24.5 Å². The van der Waals surface area contributed by atoms with Gasteiger partial charge in [0.1, 0.15) is 5.54 Å². The first-order chi connectivity index (χ1) is 14.3. The summed E-state index contributed by atoms with van der Waals surface area (Å²) < 4.78 is 10.6. The first kappa shape index (κ1) is 24.1. The standard InChI is InChI=1S/C23H36N2O5/c1-6-9-10-11-12-25(4)21(27)19-14-17(29-5)13-18(19)20(26)24-23(15-16(23)7-2)22(28)30-8-3/h6-7,16-19H,1-2,8-15H2,3-5H3,(H,24,26)/t16-,17-,18-,19-,23-/m1/s1. The van der Waals surface area contributed by atoms with E-state index in [1.54, 1.807) is 32.1 Å². The summed E-state index contributed by atoms with van der Waals surface area (Å²) in [5.74, 6) is -1.91. The zero-order valence-electron chi connectivity index (χ0n) is 18.5. The number of methoxy groups -OCH3 is 1. The number of nitrogens with zero attached hydrogens (tertiary/aromatic N) is 1. The first-order valence-corrected chi connectivity index (χ1v) is 10.8. The maximum Gasteiger partial charge on any atom is 0.332 e. The molecule has 5 atom stereocenters. The molecule has 0 aliphatic heterocycles. The highest BCUT2D eigenvalue weighted by Gasteiger charge is 2.62. The van der Waals surface area contributed by atoms with Crippen LogP contribution in [0.15, 0.2) is 25.3 Å². The first-order valence-electron chi connectivity index (χ1n) is 10.8. The van der Waals surface area contributed by atoms with Gasteiger partial charge in [-0.1, -0.05) is 12.2 Å². The highest BCUT2D eigenvalue weighted by molar-refractivity contribution is 5.94. The van der Waals surface area contributed by atoms with Gasteiger partial charge in [-0.2, -0.15) is 0 Å². The Hall–Kier alpha value is -2.15. The molecule has 0 aromatic carbocycles. The predicted molar refractivity (Wildman–Crippen MR) is 115 cm³/mol. The summed E-state index contributed by atoms with van der Waals surface area (Å²) in [5.41, 5.74) is -1.05. The van der Waals surface area contributed by atoms with Crippen molar-refractivity contribution in [3.05, 3.63) is 25.3 Å². The normalized spacial score (nSPS) is 29.7. The molecule has 2 aliphatic carbocycles. The van der Waals surface area contributed by atoms with E-state index in [1.165, 1.54) is 0 Å². The molecule has 2 aliphatic rings. The van der Waals surface area contributed by atoms with Crippen LogP contribution < -0.4 is 5.32 Å². The molecule has 2 rings (SSSR count). The van der Waals surface area contributed by atoms with Crippen molar-refractivity contribution in [3.8, 4) is 0 Å². The lowest BCUT2D eigenvalue weighted by Gasteiger charge is -2.26. The number of unbranched alkanes of at least 4 members (excludes halogenated alkanes) is 2. The molecule has 1 N–H and O–H groups in total. The van der Waals surface area contributed by atoms with Gasteiger partial charge in [-0.25, -0.2) is 4.79 Å². The third kappa shape index (κ3) is 5.31. The largest absolute Gasteiger partial charge is 0.464 e. The topological polar surface area (TPSA) is 84.9 Å². The number of ether oxygens (including phenoxy) is 2. The molecule has 2 saturated carbocycles. The Balaban J connectivity index is 2.07. The molecule has 2 fully saturated rings. The molecule has 7 heteroatoms. The van der Waals surface area contributed by atoms with E-state index in [4.69, 9.17) is 9.47 Å². The van der Waals surface area contributed by atoms with Crippen LogP contribution in [0.2, 0.25) is 0 Å². The summed E-state index contributed by atoms with van der Waals surface area (Å²) >= 11 is 0. The van der Waals surface area contributed by atoms with Crippen molar-refractivity contribution in [1.82, 2.24) is 10.2 Å². The van der Waals surface area contributed by atoms with Crippen LogP contribution in [0, 0.1) is 17.8 Å². The number of hydrogen-bond acceptors (Lipinski definition) is 5. The van der Waals surface area contributed by atoms with Gasteiger partial charge in [-0.05, 0) is 45.4 Å². The fraction of sp³-hybridized carbons (Fsp3) is 0.696. The predicted octanol–water partition coefficient (Wildman–Crippen LogP) is 2.47. The SMILES string of the molecule is C=CCCCCN(C)C(=O)[C@@H]1C[C@H](OC)C[C@H]1C(=O)N[C@]1(C(=O)OCC)C[C@H]1C=C. The van der Waals surface area contributed by atoms with E-state index in [0.717, 1.165) is 19.3 Å². The number of rotatable bonds is 12. The summed E-state index contributed by atoms with van der Waals surface area (Å²) in [6, 6.07) is 0. The second-order valence-electron chi connectivity index (χ2n) is 8.31. The fourth-order valence-corrected chi connectivity index (χ4v) is 4.35. The van der Waals surface area contributed by atoms with Crippen LogP contribution in [-0.4, -0.2) is 61.6 Å². The third-order valence-corrected chi connectivity index (χ3v) is 6.32. The molecular formula is C23H36N2O5. The van der Waals surface area contributed by atoms with E-state index in [1.807, 2.05) is 6.08 Å². The lowest BCUT2D eigenvalue weighted by Crippen LogP contribution is -2.50. The van der Waals surface area contributed by atoms with Crippen molar-refractivity contribution in [1.29, 1.82) is 0 Å². The Labute approximate surface area is 179 Å². The highest BCUT2D eigenvalue weighted by Crippen LogP contribution is 2.46. The second kappa shape index (κ2) is 10.8. The minimum Gasteiger partial charge on any atom is -0.464 e. The molecule has 0 spiro atoms. The summed E-state index contributed by atoms with van der Waals surface area (Å²) in [4.78, 5) is 40.4. The monoisotopic (exact) mass is 420 g/mol. The van der Waals surface area contributed by atoms with Crippen LogP contribution >= 0.6 is 0 Å². The summed E-state index contributed by atoms with van der Waals surface area (Å²) in [5, 5.41) is 2.90. The zero-order chi connectivity index (χ0) is 22.3. The van der Waals surface area contributed by atoms with Gasteiger partial charge in [0, 0.05) is 26.6 Å². The number of hydrogen-bond donors (Lipinski definition) is 1. The van der Waals surface area contributed by atoms with Gasteiger partial charge in [0.25, 0.3) is 0 Å². The number of esters is 1. The lowest BCUT2D eigenvalue weighted by atomic mass is 9.93. The Bertz CT molecular complexity index is 664. The number of carbonyl (C=O) groups excluding carboxylic acids is 3. The quantitative estimate of drug-likeness (QED) is 0.298. The maximum atomic E-state index is 13.2. The van der Waals surface area contributed by atoms with E-state index >= 15 is 0 Å². The number of allylic oxidation sites excluding steroid dienone is 1. The second-order valence-corrected chi connectivity index (χ2v) is 8.31. The van der Waals surface area contributed by atoms with Crippen molar-refractivity contribution in [2.45, 2.75) is 57.1 Å². The number of carbonyl (C=O) groups is 3. The molecule has 0 aromatic rings. The molecular weight excluding hydrogens is 384 g/mol. The summed E-state index contributed by atoms with van der Waals surface area (Å²) in [7, 11) is 3.38. The maximum absolute atomic E-state index is 13.2. The van der Waals surface area contributed by atoms with Crippen molar-refractivity contribution in [3.63, 3.8) is 0 Å². The smallest absolute Gasteiger partial charge is 0.332 e. The number of amides is 2. The van der Waals surface area contributed by atoms with Gasteiger partial charge in [0.15, 0.2) is 0 Å². The van der Waals surface area contributed by atoms with E-state index in [-0.39, 0.29) is 30.4 Å². The van der Waals surface area contributed by atoms with E-state index in [2.05, 4.69) is 18.5 Å². The Kier molecular flexibility index (Phi) is 8.65. The lowest BCUT2D eigenvalue weighted by molar-refractivity contribution is -0.150. The average molecular weight is 421 g/mol. The van der Waals surface area contributed by atoms with Crippen LogP contribution in [0.25, 0.3) is 0 Å². The van der Waals surface area contributed by atoms with Crippen LogP contribution in [0.1, 0.15) is 45.4 Å². The van der Waals surface area contributed by atoms with Crippen LogP contribution in [0.4, 0.5) is 0 Å². The van der Waals surface area contributed by atoms with E-state index in [0.29, 0.717) is 25.8 Å². The molecule has 2 amide bonds. The molecule has 0 radical (unpaired) electrons.